The zero-order chi connectivity index (χ0) is 20.1. The normalized spacial score (nSPS) is 19.3. The van der Waals surface area contributed by atoms with Gasteiger partial charge >= 0.3 is 6.18 Å². The van der Waals surface area contributed by atoms with Gasteiger partial charge in [-0.05, 0) is 30.2 Å². The fraction of sp³-hybridized carbons (Fsp3) is 0.316. The minimum atomic E-state index is -4.43. The quantitative estimate of drug-likeness (QED) is 0.856. The van der Waals surface area contributed by atoms with E-state index >= 15 is 0 Å². The minimum Gasteiger partial charge on any atom is -0.300 e. The van der Waals surface area contributed by atoms with Crippen molar-refractivity contribution in [2.75, 3.05) is 12.0 Å². The lowest BCUT2D eigenvalue weighted by Gasteiger charge is -2.38. The average Bonchev–Trinajstić information content (AvgIpc) is 2.66. The zero-order valence-corrected chi connectivity index (χ0v) is 15.1. The zero-order valence-electron chi connectivity index (χ0n) is 15.1. The molecule has 146 valence electrons. The van der Waals surface area contributed by atoms with Gasteiger partial charge < -0.3 is 0 Å². The minimum absolute atomic E-state index is 0.271. The molecule has 9 heteroatoms. The van der Waals surface area contributed by atoms with E-state index < -0.39 is 11.7 Å². The van der Waals surface area contributed by atoms with E-state index in [2.05, 4.69) is 22.0 Å². The van der Waals surface area contributed by atoms with E-state index in [0.29, 0.717) is 42.2 Å². The summed E-state index contributed by atoms with van der Waals surface area (Å²) in [5, 5.41) is 0. The summed E-state index contributed by atoms with van der Waals surface area (Å²) >= 11 is 0. The van der Waals surface area contributed by atoms with Crippen LogP contribution in [0, 0.1) is 0 Å². The third kappa shape index (κ3) is 3.11. The van der Waals surface area contributed by atoms with Gasteiger partial charge in [0.05, 0.1) is 11.1 Å². The van der Waals surface area contributed by atoms with E-state index in [1.54, 1.807) is 6.08 Å². The highest BCUT2D eigenvalue weighted by Gasteiger charge is 2.34. The lowest BCUT2D eigenvalue weighted by Crippen LogP contribution is -2.52. The predicted molar refractivity (Wildman–Crippen MR) is 98.7 cm³/mol. The fourth-order valence-electron chi connectivity index (χ4n) is 3.55. The van der Waals surface area contributed by atoms with Gasteiger partial charge in [-0.2, -0.15) is 13.2 Å². The molecule has 0 aliphatic carbocycles. The first-order valence-corrected chi connectivity index (χ1v) is 8.76. The Balaban J connectivity index is 1.65. The number of rotatable bonds is 2. The number of nitrogens with zero attached hydrogens (tertiary/aromatic N) is 4. The summed E-state index contributed by atoms with van der Waals surface area (Å²) in [5.74, 6) is 0.475. The average molecular weight is 389 g/mol. The smallest absolute Gasteiger partial charge is 0.300 e. The van der Waals surface area contributed by atoms with Crippen LogP contribution in [0.3, 0.4) is 0 Å². The predicted octanol–water partition coefficient (Wildman–Crippen LogP) is 2.64. The molecule has 2 aromatic rings. The van der Waals surface area contributed by atoms with Crippen LogP contribution in [0.25, 0.3) is 12.2 Å². The van der Waals surface area contributed by atoms with E-state index in [4.69, 9.17) is 0 Å². The number of hydrogen-bond acceptors (Lipinski definition) is 5. The number of halogens is 3. The second-order valence-electron chi connectivity index (χ2n) is 6.88. The standard InChI is InChI=1S/C19H18F3N5O/c1-3-12-8-24-16-6-11(2)17(25-27(16)18(12)28)26-5-4-15-13(10-26)7-14(9-23-15)19(20,21)22/h3,6-9,17,25H,1,4-5,10H2,2H3. The summed E-state index contributed by atoms with van der Waals surface area (Å²) in [6, 6.07) is 1.16. The van der Waals surface area contributed by atoms with Crippen molar-refractivity contribution in [3.63, 3.8) is 0 Å². The Hall–Kier alpha value is -2.94. The van der Waals surface area contributed by atoms with E-state index in [0.717, 1.165) is 17.8 Å². The van der Waals surface area contributed by atoms with Gasteiger partial charge in [0.25, 0.3) is 5.56 Å². The van der Waals surface area contributed by atoms with E-state index in [9.17, 15) is 18.0 Å². The van der Waals surface area contributed by atoms with Gasteiger partial charge in [-0.25, -0.2) is 9.66 Å². The number of fused-ring (bicyclic) bond motifs is 2. The molecule has 28 heavy (non-hydrogen) atoms. The third-order valence-corrected chi connectivity index (χ3v) is 5.04. The van der Waals surface area contributed by atoms with Crippen LogP contribution in [0.15, 0.2) is 35.4 Å². The first-order valence-electron chi connectivity index (χ1n) is 8.76. The molecule has 2 aromatic heterocycles. The largest absolute Gasteiger partial charge is 0.417 e. The lowest BCUT2D eigenvalue weighted by molar-refractivity contribution is -0.137. The SMILES string of the molecule is C=Cc1cnc2n(c1=O)NC(N1CCc3ncc(C(F)(F)F)cc3C1)C(C)=C2. The highest BCUT2D eigenvalue weighted by atomic mass is 19.4. The molecule has 0 bridgehead atoms. The second kappa shape index (κ2) is 6.59. The molecule has 0 radical (unpaired) electrons. The van der Waals surface area contributed by atoms with Crippen molar-refractivity contribution in [3.05, 3.63) is 69.2 Å². The van der Waals surface area contributed by atoms with Gasteiger partial charge in [-0.3, -0.25) is 20.1 Å². The van der Waals surface area contributed by atoms with Crippen molar-refractivity contribution in [2.24, 2.45) is 0 Å². The highest BCUT2D eigenvalue weighted by Crippen LogP contribution is 2.32. The highest BCUT2D eigenvalue weighted by molar-refractivity contribution is 5.53. The van der Waals surface area contributed by atoms with Crippen molar-refractivity contribution in [1.82, 2.24) is 19.5 Å². The Morgan fingerprint density at radius 1 is 1.32 bits per heavy atom. The van der Waals surface area contributed by atoms with E-state index in [1.807, 2.05) is 11.8 Å². The number of nitrogens with one attached hydrogen (secondary N) is 1. The summed E-state index contributed by atoms with van der Waals surface area (Å²) in [4.78, 5) is 22.8. The molecular weight excluding hydrogens is 371 g/mol. The Kier molecular flexibility index (Phi) is 4.34. The van der Waals surface area contributed by atoms with Crippen LogP contribution >= 0.6 is 0 Å². The topological polar surface area (TPSA) is 63.1 Å². The van der Waals surface area contributed by atoms with Crippen molar-refractivity contribution >= 4 is 12.2 Å². The third-order valence-electron chi connectivity index (χ3n) is 5.04. The Morgan fingerprint density at radius 2 is 2.11 bits per heavy atom. The first-order chi connectivity index (χ1) is 13.3. The Labute approximate surface area is 159 Å². The molecule has 0 spiro atoms. The van der Waals surface area contributed by atoms with Gasteiger partial charge in [-0.1, -0.05) is 12.7 Å². The fourth-order valence-corrected chi connectivity index (χ4v) is 3.55. The number of aromatic nitrogens is 3. The summed E-state index contributed by atoms with van der Waals surface area (Å²) in [7, 11) is 0. The van der Waals surface area contributed by atoms with E-state index in [1.165, 1.54) is 16.9 Å². The lowest BCUT2D eigenvalue weighted by atomic mass is 10.0. The number of alkyl halides is 3. The maximum Gasteiger partial charge on any atom is 0.417 e. The molecule has 4 rings (SSSR count). The molecule has 0 amide bonds. The van der Waals surface area contributed by atoms with Crippen LogP contribution < -0.4 is 11.0 Å². The molecule has 6 nitrogen and oxygen atoms in total. The molecule has 2 aliphatic rings. The molecule has 4 heterocycles. The van der Waals surface area contributed by atoms with Crippen molar-refractivity contribution in [2.45, 2.75) is 32.2 Å². The summed E-state index contributed by atoms with van der Waals surface area (Å²) in [6.45, 7) is 6.41. The van der Waals surface area contributed by atoms with Crippen LogP contribution in [0.1, 0.15) is 35.1 Å². The maximum absolute atomic E-state index is 13.0. The number of pyridine rings is 1. The Morgan fingerprint density at radius 3 is 2.82 bits per heavy atom. The molecule has 2 aliphatic heterocycles. The van der Waals surface area contributed by atoms with Gasteiger partial charge in [0.1, 0.15) is 6.17 Å². The molecule has 0 aromatic carbocycles. The molecule has 1 unspecified atom stereocenters. The van der Waals surface area contributed by atoms with Crippen LogP contribution in [0.5, 0.6) is 0 Å². The van der Waals surface area contributed by atoms with Crippen LogP contribution in [0.2, 0.25) is 0 Å². The molecule has 0 saturated carbocycles. The summed E-state index contributed by atoms with van der Waals surface area (Å²) in [5.41, 5.74) is 4.63. The Bertz CT molecular complexity index is 1040. The van der Waals surface area contributed by atoms with Crippen molar-refractivity contribution in [3.8, 4) is 0 Å². The molecule has 0 saturated heterocycles. The number of hydrogen-bond donors (Lipinski definition) is 1. The molecule has 1 atom stereocenters. The maximum atomic E-state index is 13.0. The van der Waals surface area contributed by atoms with Gasteiger partial charge in [0.2, 0.25) is 0 Å². The molecular formula is C19H18F3N5O. The van der Waals surface area contributed by atoms with Gasteiger partial charge in [-0.15, -0.1) is 0 Å². The first kappa shape index (κ1) is 18.4. The van der Waals surface area contributed by atoms with Crippen molar-refractivity contribution < 1.29 is 13.2 Å². The van der Waals surface area contributed by atoms with Crippen LogP contribution in [-0.2, 0) is 19.1 Å². The van der Waals surface area contributed by atoms with Gasteiger partial charge in [0, 0.05) is 37.6 Å². The summed E-state index contributed by atoms with van der Waals surface area (Å²) in [6.07, 6.45) is 1.36. The van der Waals surface area contributed by atoms with Crippen LogP contribution in [-0.4, -0.2) is 32.3 Å². The molecule has 1 N–H and O–H groups in total. The summed E-state index contributed by atoms with van der Waals surface area (Å²) < 4.78 is 40.4. The van der Waals surface area contributed by atoms with Crippen molar-refractivity contribution in [1.29, 1.82) is 0 Å². The van der Waals surface area contributed by atoms with E-state index in [-0.39, 0.29) is 11.7 Å². The molecule has 0 fully saturated rings. The van der Waals surface area contributed by atoms with Crippen LogP contribution in [0.4, 0.5) is 13.2 Å². The second-order valence-corrected chi connectivity index (χ2v) is 6.88. The van der Waals surface area contributed by atoms with Gasteiger partial charge in [0.15, 0.2) is 5.82 Å². The monoisotopic (exact) mass is 389 g/mol.